The van der Waals surface area contributed by atoms with Gasteiger partial charge >= 0.3 is 60.8 Å². The molecule has 65 heavy (non-hydrogen) atoms. The predicted octanol–water partition coefficient (Wildman–Crippen LogP) is 11.1. The molecule has 2 aromatic carbocycles. The Balaban J connectivity index is 0.00000124. The Labute approximate surface area is 434 Å². The second kappa shape index (κ2) is 44.3. The first-order valence-electron chi connectivity index (χ1n) is 25.1. The molecule has 2 rings (SSSR count). The molecule has 2 aromatic rings. The topological polar surface area (TPSA) is 151 Å². The Morgan fingerprint density at radius 3 is 1.03 bits per heavy atom. The second-order valence-corrected chi connectivity index (χ2v) is 17.5. The maximum atomic E-state index is 11.5. The van der Waals surface area contributed by atoms with Gasteiger partial charge in [0.1, 0.15) is 12.2 Å². The van der Waals surface area contributed by atoms with Crippen LogP contribution in [0.3, 0.4) is 0 Å². The summed E-state index contributed by atoms with van der Waals surface area (Å²) < 4.78 is 23.6. The Kier molecular flexibility index (Phi) is 42.8. The van der Waals surface area contributed by atoms with Gasteiger partial charge in [-0.25, -0.2) is 0 Å². The van der Waals surface area contributed by atoms with Gasteiger partial charge < -0.3 is 38.7 Å². The predicted molar refractivity (Wildman–Crippen MR) is 258 cm³/mol. The van der Waals surface area contributed by atoms with Crippen molar-refractivity contribution in [1.29, 1.82) is 0 Å². The number of carbonyl (C=O) groups excluding carboxylic acids is 4. The normalized spacial score (nSPS) is 12.7. The van der Waals surface area contributed by atoms with Crippen molar-refractivity contribution in [1.82, 2.24) is 0 Å². The van der Waals surface area contributed by atoms with E-state index >= 15 is 0 Å². The summed E-state index contributed by atoms with van der Waals surface area (Å²) >= 11 is 0. The quantitative estimate of drug-likeness (QED) is 0.0358. The number of hydrogen-bond donors (Lipinski definition) is 0. The summed E-state index contributed by atoms with van der Waals surface area (Å²) in [6.07, 6.45) is 26.6. The second-order valence-electron chi connectivity index (χ2n) is 17.5. The minimum absolute atomic E-state index is 0. The summed E-state index contributed by atoms with van der Waals surface area (Å²) in [4.78, 5) is 44.0. The minimum Gasteiger partial charge on any atom is -0.550 e. The maximum absolute atomic E-state index is 11.5. The van der Waals surface area contributed by atoms with E-state index in [4.69, 9.17) is 18.9 Å². The summed E-state index contributed by atoms with van der Waals surface area (Å²) in [6.45, 7) is 8.65. The van der Waals surface area contributed by atoms with E-state index in [0.717, 1.165) is 103 Å². The van der Waals surface area contributed by atoms with Gasteiger partial charge in [0, 0.05) is 25.8 Å². The van der Waals surface area contributed by atoms with Gasteiger partial charge in [-0.15, -0.1) is 0 Å². The third-order valence-corrected chi connectivity index (χ3v) is 11.5. The standard InChI is InChI=1S/2C27H44O5.Ba/c2*1-3-4-5-11-17-25(31-22-24-15-9-8-10-16-24)19-14-20-26(32-23(2)28)18-12-6-7-13-21-27(29)30;/h2*8-10,15-16,25-26H,3-7,11-14,17-22H2,1-2H3,(H,29,30);/q;;+2/p-2. The van der Waals surface area contributed by atoms with Crippen LogP contribution >= 0.6 is 0 Å². The van der Waals surface area contributed by atoms with Crippen LogP contribution in [0.1, 0.15) is 219 Å². The number of ether oxygens (including phenoxy) is 4. The number of carbonyl (C=O) groups is 4. The molecule has 4 unspecified atom stereocenters. The fourth-order valence-electron chi connectivity index (χ4n) is 7.93. The molecule has 10 nitrogen and oxygen atoms in total. The van der Waals surface area contributed by atoms with Gasteiger partial charge in [-0.1, -0.05) is 152 Å². The zero-order chi connectivity index (χ0) is 46.9. The first-order chi connectivity index (χ1) is 31.0. The molecule has 0 amide bonds. The summed E-state index contributed by atoms with van der Waals surface area (Å²) in [7, 11) is 0. The van der Waals surface area contributed by atoms with Crippen molar-refractivity contribution in [3.05, 3.63) is 71.8 Å². The first-order valence-corrected chi connectivity index (χ1v) is 25.1. The van der Waals surface area contributed by atoms with Crippen molar-refractivity contribution in [3.8, 4) is 0 Å². The Bertz CT molecular complexity index is 1320. The van der Waals surface area contributed by atoms with Gasteiger partial charge in [0.25, 0.3) is 0 Å². The molecule has 0 aliphatic carbocycles. The van der Waals surface area contributed by atoms with E-state index in [-0.39, 0.29) is 98.1 Å². The molecule has 364 valence electrons. The molecular formula is C54H86BaO10. The third-order valence-electron chi connectivity index (χ3n) is 11.5. The fourth-order valence-corrected chi connectivity index (χ4v) is 7.93. The van der Waals surface area contributed by atoms with Gasteiger partial charge in [0.15, 0.2) is 0 Å². The van der Waals surface area contributed by atoms with E-state index in [9.17, 15) is 29.4 Å². The van der Waals surface area contributed by atoms with Gasteiger partial charge in [-0.2, -0.15) is 0 Å². The fraction of sp³-hybridized carbons (Fsp3) is 0.704. The monoisotopic (exact) mass is 1030 g/mol. The van der Waals surface area contributed by atoms with Crippen molar-refractivity contribution >= 4 is 72.8 Å². The average Bonchev–Trinajstić information content (AvgIpc) is 3.26. The van der Waals surface area contributed by atoms with Crippen molar-refractivity contribution in [2.45, 2.75) is 245 Å². The molecule has 0 bridgehead atoms. The zero-order valence-electron chi connectivity index (χ0n) is 41.1. The van der Waals surface area contributed by atoms with E-state index in [1.54, 1.807) is 0 Å². The van der Waals surface area contributed by atoms with E-state index in [1.165, 1.54) is 76.3 Å². The first kappa shape index (κ1) is 62.8. The number of carboxylic acid groups (broad SMARTS) is 2. The minimum atomic E-state index is -0.985. The zero-order valence-corrected chi connectivity index (χ0v) is 45.5. The molecule has 0 aromatic heterocycles. The molecule has 0 radical (unpaired) electrons. The number of unbranched alkanes of at least 4 members (excludes halogenated alkanes) is 12. The van der Waals surface area contributed by atoms with Crippen molar-refractivity contribution in [2.24, 2.45) is 0 Å². The number of carboxylic acids is 2. The van der Waals surface area contributed by atoms with Crippen LogP contribution in [-0.4, -0.2) is 97.2 Å². The molecule has 0 heterocycles. The maximum Gasteiger partial charge on any atom is 2.00 e. The average molecular weight is 1030 g/mol. The van der Waals surface area contributed by atoms with Crippen molar-refractivity contribution < 1.29 is 48.3 Å². The van der Waals surface area contributed by atoms with E-state index in [1.807, 2.05) is 36.4 Å². The summed E-state index contributed by atoms with van der Waals surface area (Å²) in [5.41, 5.74) is 2.39. The Morgan fingerprint density at radius 1 is 0.415 bits per heavy atom. The van der Waals surface area contributed by atoms with Gasteiger partial charge in [-0.3, -0.25) is 9.59 Å². The van der Waals surface area contributed by atoms with Crippen LogP contribution in [0.25, 0.3) is 0 Å². The molecule has 0 N–H and O–H groups in total. The van der Waals surface area contributed by atoms with E-state index < -0.39 is 11.9 Å². The number of rotatable bonds is 40. The summed E-state index contributed by atoms with van der Waals surface area (Å²) in [5, 5.41) is 21.0. The van der Waals surface area contributed by atoms with Gasteiger partial charge in [0.2, 0.25) is 0 Å². The van der Waals surface area contributed by atoms with Crippen molar-refractivity contribution in [3.63, 3.8) is 0 Å². The molecular weight excluding hydrogens is 946 g/mol. The summed E-state index contributed by atoms with van der Waals surface area (Å²) in [6, 6.07) is 20.6. The van der Waals surface area contributed by atoms with Crippen LogP contribution in [0, 0.1) is 0 Å². The molecule has 0 saturated carbocycles. The van der Waals surface area contributed by atoms with E-state index in [0.29, 0.717) is 26.1 Å². The molecule has 0 aliphatic rings. The van der Waals surface area contributed by atoms with Crippen LogP contribution in [-0.2, 0) is 51.3 Å². The Hall–Kier alpha value is -2.19. The molecule has 0 saturated heterocycles. The van der Waals surface area contributed by atoms with Gasteiger partial charge in [0.05, 0.1) is 25.4 Å². The van der Waals surface area contributed by atoms with Crippen LogP contribution < -0.4 is 10.2 Å². The third kappa shape index (κ3) is 40.6. The number of esters is 2. The number of aliphatic carboxylic acids is 2. The molecule has 4 atom stereocenters. The smallest absolute Gasteiger partial charge is 0.550 e. The molecule has 11 heteroatoms. The van der Waals surface area contributed by atoms with Crippen LogP contribution in [0.4, 0.5) is 0 Å². The molecule has 0 spiro atoms. The van der Waals surface area contributed by atoms with Crippen LogP contribution in [0.5, 0.6) is 0 Å². The van der Waals surface area contributed by atoms with Gasteiger partial charge in [-0.05, 0) is 114 Å². The van der Waals surface area contributed by atoms with Crippen molar-refractivity contribution in [2.75, 3.05) is 0 Å². The molecule has 0 fully saturated rings. The summed E-state index contributed by atoms with van der Waals surface area (Å²) in [5.74, 6) is -2.44. The van der Waals surface area contributed by atoms with Crippen LogP contribution in [0.15, 0.2) is 60.7 Å². The molecule has 0 aliphatic heterocycles. The SMILES string of the molecule is CCCCCCC(CCCC(CCCCCCC(=O)[O-])OC(C)=O)OCc1ccccc1.CCCCCCC(CCCC(CCCCCCC(=O)[O-])OC(C)=O)OCc1ccccc1.[Ba+2]. The largest absolute Gasteiger partial charge is 2.00 e. The van der Waals surface area contributed by atoms with Crippen LogP contribution in [0.2, 0.25) is 0 Å². The Morgan fingerprint density at radius 2 is 0.708 bits per heavy atom. The number of hydrogen-bond acceptors (Lipinski definition) is 10. The number of benzene rings is 2. The van der Waals surface area contributed by atoms with E-state index in [2.05, 4.69) is 38.1 Å².